The van der Waals surface area contributed by atoms with Crippen molar-refractivity contribution < 1.29 is 18.0 Å². The van der Waals surface area contributed by atoms with Gasteiger partial charge >= 0.3 is 6.18 Å². The number of anilines is 1. The average molecular weight is 274 g/mol. The van der Waals surface area contributed by atoms with Gasteiger partial charge in [0.2, 0.25) is 5.91 Å². The minimum Gasteiger partial charge on any atom is -0.353 e. The molecule has 1 aliphatic rings. The van der Waals surface area contributed by atoms with Gasteiger partial charge in [-0.3, -0.25) is 10.1 Å². The molecule has 5 nitrogen and oxygen atoms in total. The highest BCUT2D eigenvalue weighted by Crippen LogP contribution is 2.30. The van der Waals surface area contributed by atoms with E-state index in [4.69, 9.17) is 5.73 Å². The number of hydrogen-bond acceptors (Lipinski definition) is 4. The summed E-state index contributed by atoms with van der Waals surface area (Å²) in [6.45, 7) is 0. The maximum Gasteiger partial charge on any atom is 0.416 e. The highest BCUT2D eigenvalue weighted by Gasteiger charge is 2.30. The van der Waals surface area contributed by atoms with Crippen LogP contribution in [0.25, 0.3) is 0 Å². The first-order chi connectivity index (χ1) is 8.84. The van der Waals surface area contributed by atoms with Crippen LogP contribution in [0.2, 0.25) is 0 Å². The molecular formula is C11H13F3N4O. The van der Waals surface area contributed by atoms with Gasteiger partial charge in [-0.25, -0.2) is 0 Å². The van der Waals surface area contributed by atoms with Crippen LogP contribution in [0.3, 0.4) is 0 Å². The SMILES string of the molecule is NC1CC(=O)NC(Nc2cccc(C(F)(F)F)c2)N1. The fourth-order valence-electron chi connectivity index (χ4n) is 1.76. The number of halogens is 3. The Morgan fingerprint density at radius 3 is 2.74 bits per heavy atom. The van der Waals surface area contributed by atoms with Crippen molar-refractivity contribution in [1.82, 2.24) is 10.6 Å². The van der Waals surface area contributed by atoms with Gasteiger partial charge in [0.25, 0.3) is 0 Å². The fourth-order valence-corrected chi connectivity index (χ4v) is 1.76. The molecule has 0 radical (unpaired) electrons. The predicted octanol–water partition coefficient (Wildman–Crippen LogP) is 0.795. The zero-order valence-electron chi connectivity index (χ0n) is 9.79. The number of carbonyl (C=O) groups excluding carboxylic acids is 1. The number of benzene rings is 1. The van der Waals surface area contributed by atoms with Gasteiger partial charge in [0, 0.05) is 5.69 Å². The van der Waals surface area contributed by atoms with Gasteiger partial charge in [-0.1, -0.05) is 6.07 Å². The molecule has 1 aromatic carbocycles. The Hall–Kier alpha value is -1.80. The normalized spacial score (nSPS) is 23.9. The molecule has 104 valence electrons. The van der Waals surface area contributed by atoms with Crippen molar-refractivity contribution in [3.63, 3.8) is 0 Å². The van der Waals surface area contributed by atoms with Crippen molar-refractivity contribution in [2.45, 2.75) is 25.1 Å². The summed E-state index contributed by atoms with van der Waals surface area (Å²) in [6.07, 6.45) is -5.50. The Labute approximate surface area is 107 Å². The van der Waals surface area contributed by atoms with E-state index in [1.165, 1.54) is 12.1 Å². The average Bonchev–Trinajstić information content (AvgIpc) is 2.26. The van der Waals surface area contributed by atoms with Crippen LogP contribution in [0.5, 0.6) is 0 Å². The first-order valence-electron chi connectivity index (χ1n) is 5.59. The van der Waals surface area contributed by atoms with Crippen LogP contribution in [0.1, 0.15) is 12.0 Å². The molecule has 0 saturated carbocycles. The maximum absolute atomic E-state index is 12.5. The molecule has 1 heterocycles. The molecule has 2 atom stereocenters. The second-order valence-electron chi connectivity index (χ2n) is 4.20. The van der Waals surface area contributed by atoms with E-state index in [9.17, 15) is 18.0 Å². The third-order valence-electron chi connectivity index (χ3n) is 2.59. The van der Waals surface area contributed by atoms with Gasteiger partial charge in [-0.15, -0.1) is 0 Å². The second kappa shape index (κ2) is 5.06. The van der Waals surface area contributed by atoms with Gasteiger partial charge in [0.1, 0.15) is 0 Å². The molecule has 5 N–H and O–H groups in total. The molecule has 1 aromatic rings. The maximum atomic E-state index is 12.5. The van der Waals surface area contributed by atoms with Crippen LogP contribution in [0.4, 0.5) is 18.9 Å². The van der Waals surface area contributed by atoms with E-state index in [1.807, 2.05) is 0 Å². The lowest BCUT2D eigenvalue weighted by Gasteiger charge is -2.30. The Morgan fingerprint density at radius 1 is 1.37 bits per heavy atom. The molecule has 2 rings (SSSR count). The van der Waals surface area contributed by atoms with E-state index >= 15 is 0 Å². The second-order valence-corrected chi connectivity index (χ2v) is 4.20. The Balaban J connectivity index is 2.09. The third kappa shape index (κ3) is 3.58. The number of rotatable bonds is 2. The summed E-state index contributed by atoms with van der Waals surface area (Å²) in [5.41, 5.74) is 5.05. The molecule has 19 heavy (non-hydrogen) atoms. The topological polar surface area (TPSA) is 79.2 Å². The van der Waals surface area contributed by atoms with Crippen LogP contribution >= 0.6 is 0 Å². The van der Waals surface area contributed by atoms with Gasteiger partial charge in [-0.2, -0.15) is 13.2 Å². The third-order valence-corrected chi connectivity index (χ3v) is 2.59. The molecule has 0 aromatic heterocycles. The van der Waals surface area contributed by atoms with E-state index in [2.05, 4.69) is 16.0 Å². The van der Waals surface area contributed by atoms with Crippen molar-refractivity contribution >= 4 is 11.6 Å². The van der Waals surface area contributed by atoms with Crippen molar-refractivity contribution in [3.05, 3.63) is 29.8 Å². The standard InChI is InChI=1S/C11H13F3N4O/c12-11(13,14)6-2-1-3-7(4-6)16-10-17-8(15)5-9(19)18-10/h1-4,8,10,16-17H,5,15H2,(H,18,19). The van der Waals surface area contributed by atoms with Crippen molar-refractivity contribution in [3.8, 4) is 0 Å². The quantitative estimate of drug-likeness (QED) is 0.643. The summed E-state index contributed by atoms with van der Waals surface area (Å²) in [5.74, 6) is -0.268. The number of hydrogen-bond donors (Lipinski definition) is 4. The van der Waals surface area contributed by atoms with Crippen molar-refractivity contribution in [2.75, 3.05) is 5.32 Å². The van der Waals surface area contributed by atoms with E-state index < -0.39 is 24.2 Å². The van der Waals surface area contributed by atoms with Crippen molar-refractivity contribution in [2.24, 2.45) is 5.73 Å². The zero-order valence-corrected chi connectivity index (χ0v) is 9.79. The number of carbonyl (C=O) groups is 1. The lowest BCUT2D eigenvalue weighted by atomic mass is 10.2. The number of nitrogens with two attached hydrogens (primary N) is 1. The summed E-state index contributed by atoms with van der Waals surface area (Å²) in [4.78, 5) is 11.2. The molecular weight excluding hydrogens is 261 g/mol. The van der Waals surface area contributed by atoms with E-state index in [0.29, 0.717) is 0 Å². The smallest absolute Gasteiger partial charge is 0.353 e. The van der Waals surface area contributed by atoms with E-state index in [0.717, 1.165) is 12.1 Å². The fraction of sp³-hybridized carbons (Fsp3) is 0.364. The largest absolute Gasteiger partial charge is 0.416 e. The van der Waals surface area contributed by atoms with Crippen LogP contribution in [0, 0.1) is 0 Å². The molecule has 1 amide bonds. The highest BCUT2D eigenvalue weighted by atomic mass is 19.4. The van der Waals surface area contributed by atoms with E-state index in [1.54, 1.807) is 0 Å². The van der Waals surface area contributed by atoms with Gasteiger partial charge in [0.05, 0.1) is 18.2 Å². The monoisotopic (exact) mass is 274 g/mol. The summed E-state index contributed by atoms with van der Waals surface area (Å²) < 4.78 is 37.6. The number of amides is 1. The first-order valence-corrected chi connectivity index (χ1v) is 5.59. The molecule has 0 spiro atoms. The number of nitrogens with one attached hydrogen (secondary N) is 3. The van der Waals surface area contributed by atoms with E-state index in [-0.39, 0.29) is 18.0 Å². The first kappa shape index (κ1) is 13.6. The summed E-state index contributed by atoms with van der Waals surface area (Å²) in [5, 5.41) is 8.07. The predicted molar refractivity (Wildman–Crippen MR) is 62.7 cm³/mol. The van der Waals surface area contributed by atoms with Crippen LogP contribution in [-0.4, -0.2) is 18.4 Å². The van der Waals surface area contributed by atoms with Crippen LogP contribution < -0.4 is 21.7 Å². The molecule has 2 unspecified atom stereocenters. The highest BCUT2D eigenvalue weighted by molar-refractivity contribution is 5.78. The number of alkyl halides is 3. The Morgan fingerprint density at radius 2 is 2.11 bits per heavy atom. The van der Waals surface area contributed by atoms with Gasteiger partial charge in [-0.05, 0) is 18.2 Å². The minimum atomic E-state index is -4.41. The van der Waals surface area contributed by atoms with Crippen molar-refractivity contribution in [1.29, 1.82) is 0 Å². The van der Waals surface area contributed by atoms with Gasteiger partial charge < -0.3 is 16.4 Å². The molecule has 0 aliphatic carbocycles. The molecule has 1 fully saturated rings. The molecule has 8 heteroatoms. The molecule has 0 bridgehead atoms. The lowest BCUT2D eigenvalue weighted by molar-refractivity contribution is -0.137. The zero-order chi connectivity index (χ0) is 14.0. The summed E-state index contributed by atoms with van der Waals surface area (Å²) >= 11 is 0. The van der Waals surface area contributed by atoms with Gasteiger partial charge in [0.15, 0.2) is 6.29 Å². The minimum absolute atomic E-state index is 0.126. The molecule has 1 saturated heterocycles. The van der Waals surface area contributed by atoms with Crippen LogP contribution in [0.15, 0.2) is 24.3 Å². The summed E-state index contributed by atoms with van der Waals surface area (Å²) in [6, 6.07) is 4.71. The van der Waals surface area contributed by atoms with Crippen LogP contribution in [-0.2, 0) is 11.0 Å². The Bertz CT molecular complexity index is 477. The lowest BCUT2D eigenvalue weighted by Crippen LogP contribution is -2.62. The molecule has 1 aliphatic heterocycles. The Kier molecular flexibility index (Phi) is 3.63. The summed E-state index contributed by atoms with van der Waals surface area (Å²) in [7, 11) is 0.